The molecule has 3 N–H and O–H groups in total. The summed E-state index contributed by atoms with van der Waals surface area (Å²) in [5.41, 5.74) is -0.758. The second-order valence-electron chi connectivity index (χ2n) is 4.36. The molecule has 1 aliphatic rings. The predicted molar refractivity (Wildman–Crippen MR) is 61.5 cm³/mol. The molecule has 5 heteroatoms. The molecule has 0 saturated heterocycles. The molecule has 0 amide bonds. The molecule has 0 unspecified atom stereocenters. The van der Waals surface area contributed by atoms with Crippen LogP contribution in [0.25, 0.3) is 0 Å². The number of aliphatic hydroxyl groups is 1. The quantitative estimate of drug-likeness (QED) is 0.700. The fourth-order valence-electron chi connectivity index (χ4n) is 1.78. The molecule has 88 valence electrons. The van der Waals surface area contributed by atoms with Gasteiger partial charge in [0.15, 0.2) is 0 Å². The van der Waals surface area contributed by atoms with E-state index in [0.717, 1.165) is 19.3 Å². The van der Waals surface area contributed by atoms with Crippen LogP contribution in [0.4, 0.5) is 5.82 Å². The van der Waals surface area contributed by atoms with Gasteiger partial charge in [0.1, 0.15) is 11.6 Å². The lowest BCUT2D eigenvalue weighted by molar-refractivity contribution is -0.0202. The largest absolute Gasteiger partial charge is 0.388 e. The minimum absolute atomic E-state index is 0.157. The Morgan fingerprint density at radius 1 is 1.62 bits per heavy atom. The van der Waals surface area contributed by atoms with Crippen LogP contribution in [0.1, 0.15) is 32.0 Å². The van der Waals surface area contributed by atoms with Gasteiger partial charge in [0.25, 0.3) is 5.56 Å². The van der Waals surface area contributed by atoms with Crippen LogP contribution in [0, 0.1) is 0 Å². The zero-order valence-electron chi connectivity index (χ0n) is 9.42. The number of hydrogen-bond donors (Lipinski definition) is 3. The van der Waals surface area contributed by atoms with Gasteiger partial charge in [-0.3, -0.25) is 4.79 Å². The smallest absolute Gasteiger partial charge is 0.252 e. The van der Waals surface area contributed by atoms with Crippen LogP contribution in [-0.2, 0) is 6.42 Å². The monoisotopic (exact) mass is 223 g/mol. The molecule has 0 atom stereocenters. The van der Waals surface area contributed by atoms with E-state index in [-0.39, 0.29) is 5.56 Å². The molecule has 1 aromatic rings. The van der Waals surface area contributed by atoms with Crippen molar-refractivity contribution < 1.29 is 5.11 Å². The summed E-state index contributed by atoms with van der Waals surface area (Å²) in [6, 6.07) is 1.42. The van der Waals surface area contributed by atoms with E-state index in [1.165, 1.54) is 6.07 Å². The first-order valence-electron chi connectivity index (χ1n) is 5.68. The minimum Gasteiger partial charge on any atom is -0.388 e. The maximum atomic E-state index is 11.3. The third-order valence-corrected chi connectivity index (χ3v) is 3.01. The first-order valence-corrected chi connectivity index (χ1v) is 5.68. The highest BCUT2D eigenvalue weighted by atomic mass is 16.3. The molecule has 0 spiro atoms. The Labute approximate surface area is 93.9 Å². The van der Waals surface area contributed by atoms with E-state index in [1.54, 1.807) is 0 Å². The van der Waals surface area contributed by atoms with Gasteiger partial charge >= 0.3 is 0 Å². The van der Waals surface area contributed by atoms with E-state index in [1.807, 2.05) is 6.92 Å². The molecule has 2 rings (SSSR count). The van der Waals surface area contributed by atoms with E-state index in [4.69, 9.17) is 0 Å². The molecule has 0 bridgehead atoms. The Balaban J connectivity index is 2.03. The summed E-state index contributed by atoms with van der Waals surface area (Å²) in [5, 5.41) is 12.9. The summed E-state index contributed by atoms with van der Waals surface area (Å²) in [6.45, 7) is 2.40. The third-order valence-electron chi connectivity index (χ3n) is 3.01. The average Bonchev–Trinajstić information content (AvgIpc) is 2.23. The molecule has 5 nitrogen and oxygen atoms in total. The highest BCUT2D eigenvalue weighted by molar-refractivity contribution is 5.33. The summed E-state index contributed by atoms with van der Waals surface area (Å²) in [6.07, 6.45) is 3.41. The van der Waals surface area contributed by atoms with Crippen LogP contribution in [0.3, 0.4) is 0 Å². The fraction of sp³-hybridized carbons (Fsp3) is 0.636. The highest BCUT2D eigenvalue weighted by Gasteiger charge is 2.34. The van der Waals surface area contributed by atoms with Crippen molar-refractivity contribution in [2.75, 3.05) is 11.9 Å². The summed E-state index contributed by atoms with van der Waals surface area (Å²) >= 11 is 0. The van der Waals surface area contributed by atoms with Crippen LogP contribution >= 0.6 is 0 Å². The molecular formula is C11H17N3O2. The summed E-state index contributed by atoms with van der Waals surface area (Å²) < 4.78 is 0. The second kappa shape index (κ2) is 4.25. The van der Waals surface area contributed by atoms with Crippen molar-refractivity contribution in [3.05, 3.63) is 22.2 Å². The van der Waals surface area contributed by atoms with Gasteiger partial charge in [-0.05, 0) is 19.3 Å². The molecular weight excluding hydrogens is 206 g/mol. The zero-order chi connectivity index (χ0) is 11.6. The van der Waals surface area contributed by atoms with Gasteiger partial charge < -0.3 is 15.4 Å². The third kappa shape index (κ3) is 2.41. The lowest BCUT2D eigenvalue weighted by atomic mass is 9.80. The summed E-state index contributed by atoms with van der Waals surface area (Å²) in [5.74, 6) is 1.21. The first-order chi connectivity index (χ1) is 7.61. The van der Waals surface area contributed by atoms with E-state index in [9.17, 15) is 9.90 Å². The molecule has 1 saturated carbocycles. The van der Waals surface area contributed by atoms with Crippen molar-refractivity contribution in [1.82, 2.24) is 9.97 Å². The Bertz CT molecular complexity index is 423. The Hall–Kier alpha value is -1.36. The van der Waals surface area contributed by atoms with Crippen molar-refractivity contribution in [2.45, 2.75) is 38.2 Å². The topological polar surface area (TPSA) is 78.0 Å². The highest BCUT2D eigenvalue weighted by Crippen LogP contribution is 2.31. The van der Waals surface area contributed by atoms with Crippen LogP contribution in [0.5, 0.6) is 0 Å². The van der Waals surface area contributed by atoms with Gasteiger partial charge in [-0.15, -0.1) is 0 Å². The van der Waals surface area contributed by atoms with E-state index >= 15 is 0 Å². The van der Waals surface area contributed by atoms with Gasteiger partial charge in [-0.1, -0.05) is 6.92 Å². The molecule has 0 aromatic carbocycles. The molecule has 1 fully saturated rings. The Morgan fingerprint density at radius 2 is 2.38 bits per heavy atom. The Morgan fingerprint density at radius 3 is 2.94 bits per heavy atom. The maximum absolute atomic E-state index is 11.3. The average molecular weight is 223 g/mol. The molecule has 1 heterocycles. The van der Waals surface area contributed by atoms with Crippen molar-refractivity contribution in [3.63, 3.8) is 0 Å². The SMILES string of the molecule is CCc1nc(NCC2(O)CCC2)cc(=O)[nH]1. The van der Waals surface area contributed by atoms with Gasteiger partial charge in [0.2, 0.25) is 0 Å². The van der Waals surface area contributed by atoms with E-state index < -0.39 is 5.60 Å². The van der Waals surface area contributed by atoms with Crippen molar-refractivity contribution >= 4 is 5.82 Å². The minimum atomic E-state index is -0.601. The molecule has 1 aliphatic carbocycles. The Kier molecular flexibility index (Phi) is 2.96. The van der Waals surface area contributed by atoms with Crippen molar-refractivity contribution in [3.8, 4) is 0 Å². The van der Waals surface area contributed by atoms with Crippen LogP contribution in [-0.4, -0.2) is 27.2 Å². The van der Waals surface area contributed by atoms with E-state index in [0.29, 0.717) is 24.6 Å². The van der Waals surface area contributed by atoms with E-state index in [2.05, 4.69) is 15.3 Å². The summed E-state index contributed by atoms with van der Waals surface area (Å²) in [7, 11) is 0. The van der Waals surface area contributed by atoms with Gasteiger partial charge in [-0.25, -0.2) is 4.98 Å². The normalized spacial score (nSPS) is 17.9. The van der Waals surface area contributed by atoms with Gasteiger partial charge in [0.05, 0.1) is 5.60 Å². The number of anilines is 1. The van der Waals surface area contributed by atoms with Gasteiger partial charge in [-0.2, -0.15) is 0 Å². The van der Waals surface area contributed by atoms with Crippen molar-refractivity contribution in [1.29, 1.82) is 0 Å². The predicted octanol–water partition coefficient (Wildman–Crippen LogP) is 0.659. The molecule has 16 heavy (non-hydrogen) atoms. The summed E-state index contributed by atoms with van der Waals surface area (Å²) in [4.78, 5) is 18.2. The number of rotatable bonds is 4. The van der Waals surface area contributed by atoms with Crippen LogP contribution in [0.2, 0.25) is 0 Å². The van der Waals surface area contributed by atoms with Crippen LogP contribution in [0.15, 0.2) is 10.9 Å². The number of aromatic nitrogens is 2. The number of nitrogens with zero attached hydrogens (tertiary/aromatic N) is 1. The molecule has 0 radical (unpaired) electrons. The zero-order valence-corrected chi connectivity index (χ0v) is 9.42. The lowest BCUT2D eigenvalue weighted by Crippen LogP contribution is -2.43. The molecule has 1 aromatic heterocycles. The van der Waals surface area contributed by atoms with Crippen molar-refractivity contribution in [2.24, 2.45) is 0 Å². The first kappa shape index (κ1) is 11.1. The number of aromatic amines is 1. The van der Waals surface area contributed by atoms with Crippen LogP contribution < -0.4 is 10.9 Å². The number of nitrogens with one attached hydrogen (secondary N) is 2. The second-order valence-corrected chi connectivity index (χ2v) is 4.36. The van der Waals surface area contributed by atoms with Gasteiger partial charge in [0, 0.05) is 19.0 Å². The number of H-pyrrole nitrogens is 1. The fourth-order valence-corrected chi connectivity index (χ4v) is 1.78. The lowest BCUT2D eigenvalue weighted by Gasteiger charge is -2.36. The number of hydrogen-bond acceptors (Lipinski definition) is 4. The standard InChI is InChI=1S/C11H17N3O2/c1-2-8-13-9(6-10(15)14-8)12-7-11(16)4-3-5-11/h6,16H,2-5,7H2,1H3,(H2,12,13,14,15). The maximum Gasteiger partial charge on any atom is 0.252 e. The number of aryl methyl sites for hydroxylation is 1. The molecule has 0 aliphatic heterocycles.